The van der Waals surface area contributed by atoms with Crippen LogP contribution in [-0.2, 0) is 6.54 Å². The van der Waals surface area contributed by atoms with Crippen molar-refractivity contribution >= 4 is 11.6 Å². The molecule has 0 saturated carbocycles. The summed E-state index contributed by atoms with van der Waals surface area (Å²) in [6, 6.07) is 8.66. The van der Waals surface area contributed by atoms with E-state index in [0.717, 1.165) is 0 Å². The van der Waals surface area contributed by atoms with Crippen molar-refractivity contribution in [3.8, 4) is 0 Å². The van der Waals surface area contributed by atoms with Crippen molar-refractivity contribution in [1.82, 2.24) is 10.5 Å². The molecule has 1 aromatic carbocycles. The van der Waals surface area contributed by atoms with Gasteiger partial charge in [0.05, 0.1) is 24.0 Å². The summed E-state index contributed by atoms with van der Waals surface area (Å²) in [5, 5.41) is 6.26. The summed E-state index contributed by atoms with van der Waals surface area (Å²) in [5.74, 6) is 5.69. The van der Waals surface area contributed by atoms with E-state index >= 15 is 0 Å². The van der Waals surface area contributed by atoms with E-state index in [9.17, 15) is 4.79 Å². The van der Waals surface area contributed by atoms with E-state index in [4.69, 9.17) is 10.4 Å². The first-order valence-corrected chi connectivity index (χ1v) is 5.04. The van der Waals surface area contributed by atoms with E-state index < -0.39 is 0 Å². The monoisotopic (exact) mass is 232 g/mol. The number of carbonyl (C=O) groups excluding carboxylic acids is 1. The minimum Gasteiger partial charge on any atom is -0.360 e. The van der Waals surface area contributed by atoms with E-state index in [-0.39, 0.29) is 12.5 Å². The van der Waals surface area contributed by atoms with Crippen LogP contribution in [0.5, 0.6) is 0 Å². The first-order chi connectivity index (χ1) is 8.31. The third kappa shape index (κ3) is 2.61. The van der Waals surface area contributed by atoms with E-state index in [1.807, 2.05) is 0 Å². The second-order valence-electron chi connectivity index (χ2n) is 3.35. The topological polar surface area (TPSA) is 93.2 Å². The van der Waals surface area contributed by atoms with E-state index in [1.165, 1.54) is 6.20 Å². The number of carbonyl (C=O) groups is 1. The molecule has 0 aliphatic carbocycles. The molecular weight excluding hydrogens is 220 g/mol. The number of para-hydroxylation sites is 1. The number of hydrogen-bond acceptors (Lipinski definition) is 5. The molecule has 1 amide bonds. The smallest absolute Gasteiger partial charge is 0.253 e. The molecule has 0 fully saturated rings. The first-order valence-electron chi connectivity index (χ1n) is 5.04. The Morgan fingerprint density at radius 1 is 1.35 bits per heavy atom. The Morgan fingerprint density at radius 3 is 2.88 bits per heavy atom. The number of rotatable bonds is 4. The third-order valence-corrected chi connectivity index (χ3v) is 2.24. The van der Waals surface area contributed by atoms with Crippen molar-refractivity contribution in [1.29, 1.82) is 0 Å². The van der Waals surface area contributed by atoms with Crippen LogP contribution in [0.4, 0.5) is 5.69 Å². The number of hydrogen-bond donors (Lipinski definition) is 3. The second kappa shape index (κ2) is 5.13. The Balaban J connectivity index is 2.04. The van der Waals surface area contributed by atoms with Crippen LogP contribution >= 0.6 is 0 Å². The molecule has 0 spiro atoms. The lowest BCUT2D eigenvalue weighted by Gasteiger charge is -2.08. The van der Waals surface area contributed by atoms with Crippen LogP contribution in [0.15, 0.2) is 41.1 Å². The van der Waals surface area contributed by atoms with Crippen molar-refractivity contribution in [2.45, 2.75) is 6.54 Å². The van der Waals surface area contributed by atoms with Crippen LogP contribution in [0.3, 0.4) is 0 Å². The Bertz CT molecular complexity index is 496. The number of nitrogens with zero attached hydrogens (tertiary/aromatic N) is 1. The van der Waals surface area contributed by atoms with Crippen molar-refractivity contribution < 1.29 is 9.32 Å². The quantitative estimate of drug-likeness (QED) is 0.537. The van der Waals surface area contributed by atoms with Gasteiger partial charge in [-0.25, -0.2) is 0 Å². The van der Waals surface area contributed by atoms with Crippen LogP contribution in [0, 0.1) is 0 Å². The molecular formula is C11H12N4O2. The summed E-state index contributed by atoms with van der Waals surface area (Å²) in [4.78, 5) is 11.9. The SMILES string of the molecule is NNc1ccccc1C(=O)NCc1ccno1. The zero-order valence-electron chi connectivity index (χ0n) is 9.01. The van der Waals surface area contributed by atoms with Crippen molar-refractivity contribution in [3.05, 3.63) is 47.9 Å². The average molecular weight is 232 g/mol. The van der Waals surface area contributed by atoms with Gasteiger partial charge in [0, 0.05) is 6.07 Å². The van der Waals surface area contributed by atoms with Crippen LogP contribution in [-0.4, -0.2) is 11.1 Å². The van der Waals surface area contributed by atoms with Crippen LogP contribution in [0.2, 0.25) is 0 Å². The maximum absolute atomic E-state index is 11.9. The highest BCUT2D eigenvalue weighted by atomic mass is 16.5. The molecule has 0 radical (unpaired) electrons. The van der Waals surface area contributed by atoms with E-state index in [1.54, 1.807) is 30.3 Å². The number of aromatic nitrogens is 1. The van der Waals surface area contributed by atoms with Gasteiger partial charge in [0.25, 0.3) is 5.91 Å². The van der Waals surface area contributed by atoms with Gasteiger partial charge in [-0.05, 0) is 12.1 Å². The summed E-state index contributed by atoms with van der Waals surface area (Å²) in [5.41, 5.74) is 3.53. The molecule has 6 nitrogen and oxygen atoms in total. The van der Waals surface area contributed by atoms with Gasteiger partial charge in [-0.15, -0.1) is 0 Å². The first kappa shape index (κ1) is 11.2. The maximum Gasteiger partial charge on any atom is 0.253 e. The number of hydrazine groups is 1. The second-order valence-corrected chi connectivity index (χ2v) is 3.35. The van der Waals surface area contributed by atoms with E-state index in [0.29, 0.717) is 17.0 Å². The molecule has 4 N–H and O–H groups in total. The van der Waals surface area contributed by atoms with Gasteiger partial charge in [-0.1, -0.05) is 17.3 Å². The molecule has 0 aliphatic rings. The fourth-order valence-electron chi connectivity index (χ4n) is 1.40. The number of benzene rings is 1. The lowest BCUT2D eigenvalue weighted by atomic mass is 10.1. The molecule has 0 atom stereocenters. The summed E-state index contributed by atoms with van der Waals surface area (Å²) in [6.07, 6.45) is 1.52. The average Bonchev–Trinajstić information content (AvgIpc) is 2.89. The summed E-state index contributed by atoms with van der Waals surface area (Å²) in [6.45, 7) is 0.289. The highest BCUT2D eigenvalue weighted by molar-refractivity contribution is 5.99. The number of amides is 1. The Hall–Kier alpha value is -2.34. The maximum atomic E-state index is 11.9. The predicted octanol–water partition coefficient (Wildman–Crippen LogP) is 0.890. The zero-order valence-corrected chi connectivity index (χ0v) is 9.01. The molecule has 2 aromatic rings. The van der Waals surface area contributed by atoms with Gasteiger partial charge in [0.1, 0.15) is 0 Å². The van der Waals surface area contributed by atoms with Gasteiger partial charge >= 0.3 is 0 Å². The molecule has 0 unspecified atom stereocenters. The standard InChI is InChI=1S/C11H12N4O2/c12-15-10-4-2-1-3-9(10)11(16)13-7-8-5-6-14-17-8/h1-6,15H,7,12H2,(H,13,16). The van der Waals surface area contributed by atoms with E-state index in [2.05, 4.69) is 15.9 Å². The highest BCUT2D eigenvalue weighted by Crippen LogP contribution is 2.13. The Labute approximate surface area is 97.8 Å². The largest absolute Gasteiger partial charge is 0.360 e. The number of nitrogens with two attached hydrogens (primary N) is 1. The summed E-state index contributed by atoms with van der Waals surface area (Å²) >= 11 is 0. The van der Waals surface area contributed by atoms with Crippen molar-refractivity contribution in [3.63, 3.8) is 0 Å². The molecule has 1 heterocycles. The third-order valence-electron chi connectivity index (χ3n) is 2.24. The molecule has 0 aliphatic heterocycles. The molecule has 1 aromatic heterocycles. The molecule has 17 heavy (non-hydrogen) atoms. The zero-order chi connectivity index (χ0) is 12.1. The van der Waals surface area contributed by atoms with Crippen molar-refractivity contribution in [2.24, 2.45) is 5.84 Å². The van der Waals surface area contributed by atoms with Crippen molar-refractivity contribution in [2.75, 3.05) is 5.43 Å². The molecule has 2 rings (SSSR count). The fourth-order valence-corrected chi connectivity index (χ4v) is 1.40. The van der Waals surface area contributed by atoms with Gasteiger partial charge in [0.2, 0.25) is 0 Å². The molecule has 88 valence electrons. The van der Waals surface area contributed by atoms with Crippen LogP contribution in [0.1, 0.15) is 16.1 Å². The minimum atomic E-state index is -0.227. The molecule has 0 bridgehead atoms. The van der Waals surface area contributed by atoms with Gasteiger partial charge in [-0.3, -0.25) is 10.6 Å². The van der Waals surface area contributed by atoms with Gasteiger partial charge < -0.3 is 15.3 Å². The highest BCUT2D eigenvalue weighted by Gasteiger charge is 2.10. The lowest BCUT2D eigenvalue weighted by Crippen LogP contribution is -2.24. The predicted molar refractivity (Wildman–Crippen MR) is 61.9 cm³/mol. The van der Waals surface area contributed by atoms with Gasteiger partial charge in [-0.2, -0.15) is 0 Å². The lowest BCUT2D eigenvalue weighted by molar-refractivity contribution is 0.0948. The molecule has 0 saturated heterocycles. The summed E-state index contributed by atoms with van der Waals surface area (Å²) in [7, 11) is 0. The van der Waals surface area contributed by atoms with Gasteiger partial charge in [0.15, 0.2) is 5.76 Å². The number of anilines is 1. The molecule has 6 heteroatoms. The Morgan fingerprint density at radius 2 is 2.18 bits per heavy atom. The summed E-state index contributed by atoms with van der Waals surface area (Å²) < 4.78 is 4.87. The Kier molecular flexibility index (Phi) is 3.37. The normalized spacial score (nSPS) is 9.94. The fraction of sp³-hybridized carbons (Fsp3) is 0.0909. The van der Waals surface area contributed by atoms with Crippen LogP contribution in [0.25, 0.3) is 0 Å². The number of nitrogens with one attached hydrogen (secondary N) is 2. The van der Waals surface area contributed by atoms with Crippen LogP contribution < -0.4 is 16.6 Å². The number of nitrogen functional groups attached to an aromatic ring is 1. The minimum absolute atomic E-state index is 0.227.